The van der Waals surface area contributed by atoms with Gasteiger partial charge in [0.05, 0.1) is 29.8 Å². The van der Waals surface area contributed by atoms with Crippen molar-refractivity contribution in [2.24, 2.45) is 0 Å². The zero-order valence-corrected chi connectivity index (χ0v) is 23.5. The molecule has 1 aliphatic heterocycles. The van der Waals surface area contributed by atoms with Gasteiger partial charge in [0.15, 0.2) is 0 Å². The lowest BCUT2D eigenvalue weighted by atomic mass is 10.1. The summed E-state index contributed by atoms with van der Waals surface area (Å²) >= 11 is 0. The van der Waals surface area contributed by atoms with E-state index in [2.05, 4.69) is 15.3 Å². The predicted octanol–water partition coefficient (Wildman–Crippen LogP) is 5.63. The lowest BCUT2D eigenvalue weighted by Gasteiger charge is -2.19. The number of ether oxygens (including phenoxy) is 2. The van der Waals surface area contributed by atoms with Crippen molar-refractivity contribution in [2.75, 3.05) is 19.5 Å². The third-order valence-electron chi connectivity index (χ3n) is 6.80. The lowest BCUT2D eigenvalue weighted by Crippen LogP contribution is -2.26. The summed E-state index contributed by atoms with van der Waals surface area (Å²) in [6, 6.07) is 14.1. The van der Waals surface area contributed by atoms with E-state index >= 15 is 0 Å². The van der Waals surface area contributed by atoms with Crippen LogP contribution in [0.25, 0.3) is 11.3 Å². The fourth-order valence-electron chi connectivity index (χ4n) is 4.56. The molecule has 0 amide bonds. The molecule has 4 aromatic rings. The van der Waals surface area contributed by atoms with E-state index in [1.165, 1.54) is 29.6 Å². The van der Waals surface area contributed by atoms with E-state index in [0.29, 0.717) is 35.2 Å². The van der Waals surface area contributed by atoms with Gasteiger partial charge in [-0.25, -0.2) is 13.4 Å². The van der Waals surface area contributed by atoms with Crippen LogP contribution >= 0.6 is 0 Å². The molecule has 3 heterocycles. The highest BCUT2D eigenvalue weighted by Gasteiger charge is 2.31. The Bertz CT molecular complexity index is 1670. The highest BCUT2D eigenvalue weighted by atomic mass is 32.2. The maximum atomic E-state index is 13.6. The number of anilines is 2. The maximum absolute atomic E-state index is 13.6. The number of alkyl halides is 3. The highest BCUT2D eigenvalue weighted by Crippen LogP contribution is 2.38. The summed E-state index contributed by atoms with van der Waals surface area (Å²) in [6.45, 7) is 4.48. The number of halogens is 3. The molecule has 0 radical (unpaired) electrons. The van der Waals surface area contributed by atoms with Crippen molar-refractivity contribution in [1.82, 2.24) is 18.8 Å². The number of sulfonamides is 1. The predicted molar refractivity (Wildman–Crippen MR) is 147 cm³/mol. The molecule has 1 N–H and O–H groups in total. The Kier molecular flexibility index (Phi) is 7.43. The topological polar surface area (TPSA) is 98.6 Å². The van der Waals surface area contributed by atoms with E-state index in [4.69, 9.17) is 9.47 Å². The largest absolute Gasteiger partial charge is 0.497 e. The monoisotopic (exact) mass is 587 g/mol. The second-order valence-corrected chi connectivity index (χ2v) is 11.8. The number of pyridine rings is 1. The van der Waals surface area contributed by atoms with Crippen molar-refractivity contribution in [3.05, 3.63) is 77.6 Å². The summed E-state index contributed by atoms with van der Waals surface area (Å²) < 4.78 is 80.4. The maximum Gasteiger partial charge on any atom is 0.417 e. The Morgan fingerprint density at radius 3 is 2.49 bits per heavy atom. The van der Waals surface area contributed by atoms with Gasteiger partial charge >= 0.3 is 6.18 Å². The first-order chi connectivity index (χ1) is 19.4. The van der Waals surface area contributed by atoms with Gasteiger partial charge in [0.2, 0.25) is 10.0 Å². The van der Waals surface area contributed by atoms with Gasteiger partial charge in [-0.15, -0.1) is 0 Å². The first kappa shape index (κ1) is 28.4. The number of benzene rings is 2. The molecular weight excluding hydrogens is 559 g/mol. The minimum Gasteiger partial charge on any atom is -0.497 e. The number of nitrogens with one attached hydrogen (secondary N) is 1. The summed E-state index contributed by atoms with van der Waals surface area (Å²) in [6.07, 6.45) is -3.84. The Morgan fingerprint density at radius 1 is 1.15 bits per heavy atom. The third-order valence-corrected chi connectivity index (χ3v) is 8.60. The van der Waals surface area contributed by atoms with Crippen LogP contribution in [0.3, 0.4) is 0 Å². The summed E-state index contributed by atoms with van der Waals surface area (Å²) in [5.41, 5.74) is 1.99. The van der Waals surface area contributed by atoms with E-state index in [1.54, 1.807) is 37.4 Å². The molecule has 0 bridgehead atoms. The average molecular weight is 588 g/mol. The van der Waals surface area contributed by atoms with Gasteiger partial charge in [0, 0.05) is 36.7 Å². The summed E-state index contributed by atoms with van der Waals surface area (Å²) in [5.74, 6) is 0.816. The average Bonchev–Trinajstić information content (AvgIpc) is 3.45. The van der Waals surface area contributed by atoms with Crippen LogP contribution in [-0.2, 0) is 29.3 Å². The first-order valence-corrected chi connectivity index (χ1v) is 14.1. The molecule has 0 aliphatic carbocycles. The molecule has 1 atom stereocenters. The Morgan fingerprint density at radius 2 is 1.88 bits per heavy atom. The summed E-state index contributed by atoms with van der Waals surface area (Å²) in [7, 11) is -0.900. The van der Waals surface area contributed by atoms with Crippen molar-refractivity contribution < 1.29 is 31.1 Å². The molecule has 2 aromatic carbocycles. The van der Waals surface area contributed by atoms with E-state index in [9.17, 15) is 21.6 Å². The van der Waals surface area contributed by atoms with Gasteiger partial charge in [-0.3, -0.25) is 4.57 Å². The van der Waals surface area contributed by atoms with Crippen LogP contribution in [-0.4, -0.2) is 47.5 Å². The zero-order chi connectivity index (χ0) is 29.5. The summed E-state index contributed by atoms with van der Waals surface area (Å²) in [5, 5.41) is 3.02. The first-order valence-electron chi connectivity index (χ1n) is 12.6. The smallest absolute Gasteiger partial charge is 0.417 e. The number of hydrogen-bond donors (Lipinski definition) is 1. The van der Waals surface area contributed by atoms with Crippen LogP contribution < -0.4 is 14.8 Å². The third kappa shape index (κ3) is 5.72. The van der Waals surface area contributed by atoms with Crippen molar-refractivity contribution in [2.45, 2.75) is 44.1 Å². The van der Waals surface area contributed by atoms with Crippen molar-refractivity contribution in [3.63, 3.8) is 0 Å². The molecule has 216 valence electrons. The molecule has 0 saturated carbocycles. The Labute approximate surface area is 235 Å². The SMILES string of the molecule is COc1ccc(CN(C)S(=O)(=O)c2ccc(Nc3ccc(C(F)(F)F)cn3)c(-c3nc4n(c3C)C[C@@H](C)O4)c2)cc1. The van der Waals surface area contributed by atoms with Gasteiger partial charge < -0.3 is 14.8 Å². The van der Waals surface area contributed by atoms with Crippen LogP contribution in [0.5, 0.6) is 11.8 Å². The Hall–Kier alpha value is -4.10. The van der Waals surface area contributed by atoms with E-state index in [0.717, 1.165) is 23.5 Å². The zero-order valence-electron chi connectivity index (χ0n) is 22.7. The van der Waals surface area contributed by atoms with Crippen molar-refractivity contribution in [3.8, 4) is 23.0 Å². The number of methoxy groups -OCH3 is 1. The highest BCUT2D eigenvalue weighted by molar-refractivity contribution is 7.89. The van der Waals surface area contributed by atoms with Crippen molar-refractivity contribution in [1.29, 1.82) is 0 Å². The van der Waals surface area contributed by atoms with Gasteiger partial charge in [-0.1, -0.05) is 12.1 Å². The molecule has 13 heteroatoms. The van der Waals surface area contributed by atoms with Crippen LogP contribution in [0.15, 0.2) is 65.7 Å². The fraction of sp³-hybridized carbons (Fsp3) is 0.286. The number of nitrogens with zero attached hydrogens (tertiary/aromatic N) is 4. The fourth-order valence-corrected chi connectivity index (χ4v) is 5.74. The van der Waals surface area contributed by atoms with E-state index in [-0.39, 0.29) is 23.4 Å². The number of imidazole rings is 1. The molecular formula is C28H28F3N5O4S. The quantitative estimate of drug-likeness (QED) is 0.286. The van der Waals surface area contributed by atoms with Crippen molar-refractivity contribution >= 4 is 21.5 Å². The number of rotatable bonds is 8. The molecule has 41 heavy (non-hydrogen) atoms. The minimum atomic E-state index is -4.52. The number of hydrogen-bond acceptors (Lipinski definition) is 7. The second kappa shape index (κ2) is 10.7. The molecule has 0 fully saturated rings. The minimum absolute atomic E-state index is 0.0243. The van der Waals surface area contributed by atoms with Gasteiger partial charge in [-0.05, 0) is 61.9 Å². The molecule has 0 unspecified atom stereocenters. The van der Waals surface area contributed by atoms with Gasteiger partial charge in [0.1, 0.15) is 17.7 Å². The van der Waals surface area contributed by atoms with Gasteiger partial charge in [0.25, 0.3) is 6.01 Å². The van der Waals surface area contributed by atoms with Crippen LogP contribution in [0.4, 0.5) is 24.7 Å². The van der Waals surface area contributed by atoms with E-state index in [1.807, 2.05) is 18.4 Å². The van der Waals surface area contributed by atoms with Gasteiger partial charge in [-0.2, -0.15) is 22.5 Å². The van der Waals surface area contributed by atoms with Crippen LogP contribution in [0.1, 0.15) is 23.7 Å². The molecule has 0 spiro atoms. The second-order valence-electron chi connectivity index (χ2n) is 9.74. The normalized spacial score (nSPS) is 15.1. The summed E-state index contributed by atoms with van der Waals surface area (Å²) in [4.78, 5) is 8.55. The van der Waals surface area contributed by atoms with Crippen LogP contribution in [0.2, 0.25) is 0 Å². The molecule has 2 aromatic heterocycles. The molecule has 0 saturated heterocycles. The van der Waals surface area contributed by atoms with Crippen LogP contribution in [0, 0.1) is 6.92 Å². The Balaban J connectivity index is 1.52. The number of fused-ring (bicyclic) bond motifs is 1. The standard InChI is InChI=1S/C28H28F3N5O4S/c1-17-15-36-18(2)26(34-27(36)40-17)23-13-22(41(37,38)35(3)16-19-5-8-21(39-4)9-6-19)10-11-24(23)33-25-12-7-20(14-32-25)28(29,30)31/h5-14,17H,15-16H2,1-4H3,(H,32,33)/t17-/m1/s1. The number of aromatic nitrogens is 3. The van der Waals surface area contributed by atoms with E-state index < -0.39 is 21.8 Å². The molecule has 9 nitrogen and oxygen atoms in total. The molecule has 5 rings (SSSR count). The molecule has 1 aliphatic rings. The lowest BCUT2D eigenvalue weighted by molar-refractivity contribution is -0.137.